The Morgan fingerprint density at radius 1 is 1.09 bits per heavy atom. The van der Waals surface area contributed by atoms with Crippen LogP contribution in [0.25, 0.3) is 21.7 Å². The minimum atomic E-state index is -0.0349. The summed E-state index contributed by atoms with van der Waals surface area (Å²) in [7, 11) is 5.71. The van der Waals surface area contributed by atoms with Gasteiger partial charge in [0.2, 0.25) is 0 Å². The van der Waals surface area contributed by atoms with Crippen LogP contribution in [0.2, 0.25) is 0 Å². The van der Waals surface area contributed by atoms with Gasteiger partial charge < -0.3 is 24.3 Å². The summed E-state index contributed by atoms with van der Waals surface area (Å²) in [5, 5.41) is 3.19. The number of hydrogen-bond donors (Lipinski definition) is 1. The Balaban J connectivity index is 1.45. The molecule has 0 radical (unpaired) electrons. The van der Waals surface area contributed by atoms with Crippen LogP contribution in [0.5, 0.6) is 11.5 Å². The van der Waals surface area contributed by atoms with Crippen molar-refractivity contribution in [1.82, 2.24) is 9.88 Å². The number of anilines is 1. The SMILES string of the molecule is COc1cc2c(c3ccccc13)CCN2C(=O)c1cc2cc(OCCN(C)C)ccc2[nH]1. The van der Waals surface area contributed by atoms with E-state index in [1.165, 1.54) is 5.56 Å². The maximum atomic E-state index is 13.5. The molecule has 1 aromatic heterocycles. The number of benzene rings is 3. The van der Waals surface area contributed by atoms with Crippen molar-refractivity contribution in [2.75, 3.05) is 45.8 Å². The minimum Gasteiger partial charge on any atom is -0.496 e. The first-order chi connectivity index (χ1) is 15.5. The van der Waals surface area contributed by atoms with Crippen molar-refractivity contribution in [2.24, 2.45) is 0 Å². The summed E-state index contributed by atoms with van der Waals surface area (Å²) >= 11 is 0. The first kappa shape index (κ1) is 20.4. The van der Waals surface area contributed by atoms with E-state index in [0.29, 0.717) is 18.8 Å². The molecule has 0 saturated carbocycles. The van der Waals surface area contributed by atoms with E-state index in [1.807, 2.05) is 61.5 Å². The van der Waals surface area contributed by atoms with Gasteiger partial charge in [-0.2, -0.15) is 0 Å². The van der Waals surface area contributed by atoms with Gasteiger partial charge in [-0.15, -0.1) is 0 Å². The standard InChI is InChI=1S/C26H27N3O3/c1-28(2)12-13-32-18-8-9-22-17(14-18)15-23(27-22)26(30)29-11-10-20-19-6-4-5-7-21(19)25(31-3)16-24(20)29/h4-9,14-16,27H,10-13H2,1-3H3. The molecule has 6 heteroatoms. The fourth-order valence-electron chi connectivity index (χ4n) is 4.42. The van der Waals surface area contributed by atoms with Gasteiger partial charge >= 0.3 is 0 Å². The minimum absolute atomic E-state index is 0.0349. The summed E-state index contributed by atoms with van der Waals surface area (Å²) < 4.78 is 11.5. The number of nitrogens with zero attached hydrogens (tertiary/aromatic N) is 2. The van der Waals surface area contributed by atoms with Crippen molar-refractivity contribution < 1.29 is 14.3 Å². The lowest BCUT2D eigenvalue weighted by Crippen LogP contribution is -2.29. The lowest BCUT2D eigenvalue weighted by Gasteiger charge is -2.18. The molecule has 164 valence electrons. The van der Waals surface area contributed by atoms with Crippen LogP contribution >= 0.6 is 0 Å². The summed E-state index contributed by atoms with van der Waals surface area (Å²) in [6, 6.07) is 18.0. The molecule has 0 aliphatic carbocycles. The Morgan fingerprint density at radius 2 is 1.91 bits per heavy atom. The lowest BCUT2D eigenvalue weighted by atomic mass is 10.0. The van der Waals surface area contributed by atoms with Gasteiger partial charge in [-0.05, 0) is 55.7 Å². The molecule has 0 atom stereocenters. The second kappa shape index (κ2) is 8.20. The summed E-state index contributed by atoms with van der Waals surface area (Å²) in [5.74, 6) is 1.56. The van der Waals surface area contributed by atoms with Crippen LogP contribution in [0.4, 0.5) is 5.69 Å². The number of hydrogen-bond acceptors (Lipinski definition) is 4. The molecule has 1 aliphatic rings. The second-order valence-electron chi connectivity index (χ2n) is 8.41. The molecule has 1 N–H and O–H groups in total. The van der Waals surface area contributed by atoms with Crippen molar-refractivity contribution in [3.8, 4) is 11.5 Å². The molecule has 0 saturated heterocycles. The molecule has 0 fully saturated rings. The second-order valence-corrected chi connectivity index (χ2v) is 8.41. The maximum Gasteiger partial charge on any atom is 0.274 e. The maximum absolute atomic E-state index is 13.5. The van der Waals surface area contributed by atoms with E-state index in [0.717, 1.165) is 51.8 Å². The Kier molecular flexibility index (Phi) is 5.23. The average Bonchev–Trinajstić information content (AvgIpc) is 3.42. The normalized spacial score (nSPS) is 13.2. The Hall–Kier alpha value is -3.51. The average molecular weight is 430 g/mol. The summed E-state index contributed by atoms with van der Waals surface area (Å²) in [6.07, 6.45) is 0.829. The number of amides is 1. The molecule has 32 heavy (non-hydrogen) atoms. The number of methoxy groups -OCH3 is 1. The zero-order valence-electron chi connectivity index (χ0n) is 18.6. The number of aromatic nitrogens is 1. The van der Waals surface area contributed by atoms with Crippen LogP contribution in [0.15, 0.2) is 54.6 Å². The summed E-state index contributed by atoms with van der Waals surface area (Å²) in [6.45, 7) is 2.12. The summed E-state index contributed by atoms with van der Waals surface area (Å²) in [4.78, 5) is 20.7. The highest BCUT2D eigenvalue weighted by molar-refractivity contribution is 6.11. The van der Waals surface area contributed by atoms with Crippen molar-refractivity contribution in [3.05, 3.63) is 65.9 Å². The number of ether oxygens (including phenoxy) is 2. The first-order valence-electron chi connectivity index (χ1n) is 10.9. The Bertz CT molecular complexity index is 1310. The zero-order valence-corrected chi connectivity index (χ0v) is 18.6. The highest BCUT2D eigenvalue weighted by atomic mass is 16.5. The molecule has 6 nitrogen and oxygen atoms in total. The van der Waals surface area contributed by atoms with Gasteiger partial charge in [0.25, 0.3) is 5.91 Å². The molecule has 1 amide bonds. The molecule has 0 unspecified atom stereocenters. The van der Waals surface area contributed by atoms with Gasteiger partial charge in [-0.1, -0.05) is 24.3 Å². The number of carbonyl (C=O) groups is 1. The van der Waals surface area contributed by atoms with E-state index in [1.54, 1.807) is 7.11 Å². The van der Waals surface area contributed by atoms with Crippen molar-refractivity contribution >= 4 is 33.3 Å². The van der Waals surface area contributed by atoms with Crippen LogP contribution < -0.4 is 14.4 Å². The van der Waals surface area contributed by atoms with E-state index >= 15 is 0 Å². The van der Waals surface area contributed by atoms with Gasteiger partial charge in [0.15, 0.2) is 0 Å². The molecule has 0 bridgehead atoms. The van der Waals surface area contributed by atoms with E-state index in [4.69, 9.17) is 9.47 Å². The highest BCUT2D eigenvalue weighted by Gasteiger charge is 2.29. The van der Waals surface area contributed by atoms with E-state index in [2.05, 4.69) is 22.0 Å². The molecular weight excluding hydrogens is 402 g/mol. The van der Waals surface area contributed by atoms with Crippen LogP contribution in [0.3, 0.4) is 0 Å². The Labute approximate surface area is 187 Å². The molecular formula is C26H27N3O3. The number of fused-ring (bicyclic) bond motifs is 4. The quantitative estimate of drug-likeness (QED) is 0.491. The summed E-state index contributed by atoms with van der Waals surface area (Å²) in [5.41, 5.74) is 3.62. The number of rotatable bonds is 6. The largest absolute Gasteiger partial charge is 0.496 e. The zero-order chi connectivity index (χ0) is 22.2. The van der Waals surface area contributed by atoms with E-state index < -0.39 is 0 Å². The first-order valence-corrected chi connectivity index (χ1v) is 10.9. The van der Waals surface area contributed by atoms with Crippen LogP contribution in [0.1, 0.15) is 16.1 Å². The molecule has 5 rings (SSSR count). The van der Waals surface area contributed by atoms with Gasteiger partial charge in [0.1, 0.15) is 23.8 Å². The smallest absolute Gasteiger partial charge is 0.274 e. The van der Waals surface area contributed by atoms with Crippen molar-refractivity contribution in [2.45, 2.75) is 6.42 Å². The van der Waals surface area contributed by atoms with Crippen molar-refractivity contribution in [1.29, 1.82) is 0 Å². The third-order valence-electron chi connectivity index (χ3n) is 6.07. The van der Waals surface area contributed by atoms with Gasteiger partial charge in [-0.25, -0.2) is 0 Å². The Morgan fingerprint density at radius 3 is 2.69 bits per heavy atom. The van der Waals surface area contributed by atoms with E-state index in [9.17, 15) is 4.79 Å². The molecule has 4 aromatic rings. The number of nitrogens with one attached hydrogen (secondary N) is 1. The van der Waals surface area contributed by atoms with Gasteiger partial charge in [0.05, 0.1) is 12.8 Å². The van der Waals surface area contributed by atoms with Crippen LogP contribution in [-0.4, -0.2) is 56.7 Å². The van der Waals surface area contributed by atoms with E-state index in [-0.39, 0.29) is 5.91 Å². The van der Waals surface area contributed by atoms with Crippen molar-refractivity contribution in [3.63, 3.8) is 0 Å². The predicted molar refractivity (Wildman–Crippen MR) is 128 cm³/mol. The number of likely N-dealkylation sites (N-methyl/N-ethyl adjacent to an activating group) is 1. The number of aromatic amines is 1. The molecule has 1 aliphatic heterocycles. The predicted octanol–water partition coefficient (Wildman–Crippen LogP) is 4.47. The number of carbonyl (C=O) groups excluding carboxylic acids is 1. The van der Waals surface area contributed by atoms with Crippen LogP contribution in [0, 0.1) is 0 Å². The number of H-pyrrole nitrogens is 1. The fourth-order valence-corrected chi connectivity index (χ4v) is 4.42. The highest BCUT2D eigenvalue weighted by Crippen LogP contribution is 2.40. The third kappa shape index (κ3) is 3.56. The third-order valence-corrected chi connectivity index (χ3v) is 6.07. The topological polar surface area (TPSA) is 57.8 Å². The fraction of sp³-hybridized carbons (Fsp3) is 0.269. The van der Waals surface area contributed by atoms with Gasteiger partial charge in [0, 0.05) is 35.4 Å². The molecule has 0 spiro atoms. The lowest BCUT2D eigenvalue weighted by molar-refractivity contribution is 0.0985. The molecule has 2 heterocycles. The monoisotopic (exact) mass is 429 g/mol. The van der Waals surface area contributed by atoms with Crippen LogP contribution in [-0.2, 0) is 6.42 Å². The van der Waals surface area contributed by atoms with Gasteiger partial charge in [-0.3, -0.25) is 4.79 Å². The molecule has 3 aromatic carbocycles.